The number of benzene rings is 3. The zero-order valence-electron chi connectivity index (χ0n) is 21.7. The number of urea groups is 1. The van der Waals surface area contributed by atoms with Gasteiger partial charge in [0, 0.05) is 12.0 Å². The summed E-state index contributed by atoms with van der Waals surface area (Å²) < 4.78 is 59.3. The van der Waals surface area contributed by atoms with Crippen molar-refractivity contribution >= 4 is 12.1 Å². The molecule has 0 saturated carbocycles. The molecular weight excluding hydrogens is 526 g/mol. The first-order valence-electron chi connectivity index (χ1n) is 13.2. The molecule has 40 heavy (non-hydrogen) atoms. The number of ether oxygens (including phenoxy) is 1. The minimum absolute atomic E-state index is 0.144. The van der Waals surface area contributed by atoms with Crippen molar-refractivity contribution in [1.82, 2.24) is 15.1 Å². The van der Waals surface area contributed by atoms with Crippen molar-refractivity contribution in [3.05, 3.63) is 107 Å². The number of cyclic esters (lactones) is 1. The molecule has 0 bridgehead atoms. The van der Waals surface area contributed by atoms with E-state index in [9.17, 15) is 27.2 Å². The van der Waals surface area contributed by atoms with Crippen molar-refractivity contribution in [2.45, 2.75) is 30.7 Å². The van der Waals surface area contributed by atoms with Gasteiger partial charge < -0.3 is 15.0 Å². The smallest absolute Gasteiger partial charge is 0.418 e. The van der Waals surface area contributed by atoms with Crippen LogP contribution in [0.2, 0.25) is 0 Å². The Morgan fingerprint density at radius 3 is 2.05 bits per heavy atom. The SMILES string of the molecule is O=C(NCCCN1CCC(c2ccc(F)cc2)(c2ccc(F)cc2)CC1)N1C(=O)OCC1c1ccc(F)c(F)c1. The summed E-state index contributed by atoms with van der Waals surface area (Å²) in [5, 5.41) is 2.72. The average Bonchev–Trinajstić information content (AvgIpc) is 3.35. The molecule has 2 aliphatic rings. The van der Waals surface area contributed by atoms with Crippen LogP contribution in [0.25, 0.3) is 0 Å². The van der Waals surface area contributed by atoms with Gasteiger partial charge in [0.2, 0.25) is 0 Å². The molecule has 1 atom stereocenters. The van der Waals surface area contributed by atoms with Crippen molar-refractivity contribution < 1.29 is 31.9 Å². The lowest BCUT2D eigenvalue weighted by Crippen LogP contribution is -2.45. The van der Waals surface area contributed by atoms with E-state index in [1.54, 1.807) is 24.3 Å². The van der Waals surface area contributed by atoms with E-state index in [1.807, 2.05) is 0 Å². The van der Waals surface area contributed by atoms with Crippen LogP contribution < -0.4 is 5.32 Å². The predicted molar refractivity (Wildman–Crippen MR) is 140 cm³/mol. The molecule has 0 spiro atoms. The topological polar surface area (TPSA) is 61.9 Å². The minimum Gasteiger partial charge on any atom is -0.446 e. The number of imide groups is 1. The van der Waals surface area contributed by atoms with E-state index in [0.717, 1.165) is 54.1 Å². The highest BCUT2D eigenvalue weighted by atomic mass is 19.2. The van der Waals surface area contributed by atoms with Gasteiger partial charge in [-0.05, 0) is 92.0 Å². The summed E-state index contributed by atoms with van der Waals surface area (Å²) in [6.45, 7) is 2.35. The van der Waals surface area contributed by atoms with Gasteiger partial charge in [0.05, 0.1) is 0 Å². The minimum atomic E-state index is -1.07. The molecule has 3 aromatic rings. The van der Waals surface area contributed by atoms with E-state index in [2.05, 4.69) is 10.2 Å². The average molecular weight is 556 g/mol. The normalized spacial score (nSPS) is 18.9. The summed E-state index contributed by atoms with van der Waals surface area (Å²) in [4.78, 5) is 28.1. The molecule has 5 rings (SSSR count). The highest BCUT2D eigenvalue weighted by molar-refractivity contribution is 5.92. The third kappa shape index (κ3) is 5.67. The van der Waals surface area contributed by atoms with E-state index < -0.39 is 29.8 Å². The molecule has 0 radical (unpaired) electrons. The Balaban J connectivity index is 1.16. The number of piperidine rings is 1. The van der Waals surface area contributed by atoms with Crippen molar-refractivity contribution in [2.75, 3.05) is 32.8 Å². The Hall–Kier alpha value is -3.92. The summed E-state index contributed by atoms with van der Waals surface area (Å²) in [7, 11) is 0. The molecule has 210 valence electrons. The molecule has 2 fully saturated rings. The van der Waals surface area contributed by atoms with Gasteiger partial charge in [-0.1, -0.05) is 30.3 Å². The molecule has 3 amide bonds. The molecule has 2 aliphatic heterocycles. The second-order valence-electron chi connectivity index (χ2n) is 10.2. The van der Waals surface area contributed by atoms with E-state index in [1.165, 1.54) is 30.3 Å². The number of hydrogen-bond donors (Lipinski definition) is 1. The van der Waals surface area contributed by atoms with Crippen LogP contribution in [-0.2, 0) is 10.2 Å². The van der Waals surface area contributed by atoms with Crippen LogP contribution >= 0.6 is 0 Å². The Morgan fingerprint density at radius 1 is 0.875 bits per heavy atom. The van der Waals surface area contributed by atoms with Gasteiger partial charge in [-0.25, -0.2) is 32.1 Å². The molecule has 0 aromatic heterocycles. The Morgan fingerprint density at radius 2 is 1.48 bits per heavy atom. The lowest BCUT2D eigenvalue weighted by atomic mass is 9.68. The Kier molecular flexibility index (Phi) is 8.07. The fraction of sp³-hybridized carbons (Fsp3) is 0.333. The Bertz CT molecular complexity index is 1310. The van der Waals surface area contributed by atoms with Gasteiger partial charge >= 0.3 is 12.1 Å². The van der Waals surface area contributed by atoms with Gasteiger partial charge in [-0.3, -0.25) is 0 Å². The first kappa shape index (κ1) is 27.6. The van der Waals surface area contributed by atoms with Crippen LogP contribution in [-0.4, -0.2) is 54.7 Å². The number of carbonyl (C=O) groups is 2. The zero-order valence-corrected chi connectivity index (χ0v) is 21.7. The fourth-order valence-electron chi connectivity index (χ4n) is 5.63. The van der Waals surface area contributed by atoms with Crippen molar-refractivity contribution in [1.29, 1.82) is 0 Å². The number of carbonyl (C=O) groups excluding carboxylic acids is 2. The van der Waals surface area contributed by atoms with E-state index in [4.69, 9.17) is 4.74 Å². The maximum Gasteiger partial charge on any atom is 0.418 e. The maximum absolute atomic E-state index is 13.7. The molecule has 2 saturated heterocycles. The van der Waals surface area contributed by atoms with Crippen LogP contribution in [0, 0.1) is 23.3 Å². The summed E-state index contributed by atoms with van der Waals surface area (Å²) in [6.07, 6.45) is 1.28. The maximum atomic E-state index is 13.7. The van der Waals surface area contributed by atoms with Gasteiger partial charge in [-0.2, -0.15) is 0 Å². The van der Waals surface area contributed by atoms with Crippen LogP contribution in [0.1, 0.15) is 42.0 Å². The van der Waals surface area contributed by atoms with Crippen LogP contribution in [0.5, 0.6) is 0 Å². The van der Waals surface area contributed by atoms with E-state index in [0.29, 0.717) is 19.5 Å². The molecule has 6 nitrogen and oxygen atoms in total. The second-order valence-corrected chi connectivity index (χ2v) is 10.2. The monoisotopic (exact) mass is 555 g/mol. The van der Waals surface area contributed by atoms with Gasteiger partial charge in [0.1, 0.15) is 24.3 Å². The first-order valence-corrected chi connectivity index (χ1v) is 13.2. The molecule has 0 aliphatic carbocycles. The lowest BCUT2D eigenvalue weighted by Gasteiger charge is -2.43. The molecule has 1 N–H and O–H groups in total. The van der Waals surface area contributed by atoms with Crippen molar-refractivity contribution in [3.8, 4) is 0 Å². The fourth-order valence-corrected chi connectivity index (χ4v) is 5.63. The first-order chi connectivity index (χ1) is 19.3. The summed E-state index contributed by atoms with van der Waals surface area (Å²) >= 11 is 0. The molecule has 1 unspecified atom stereocenters. The van der Waals surface area contributed by atoms with Gasteiger partial charge in [0.15, 0.2) is 11.6 Å². The van der Waals surface area contributed by atoms with E-state index in [-0.39, 0.29) is 29.2 Å². The number of hydrogen-bond acceptors (Lipinski definition) is 4. The highest BCUT2D eigenvalue weighted by Gasteiger charge is 2.40. The Labute approximate surface area is 229 Å². The number of nitrogens with zero attached hydrogens (tertiary/aromatic N) is 2. The predicted octanol–water partition coefficient (Wildman–Crippen LogP) is 5.92. The molecule has 2 heterocycles. The highest BCUT2D eigenvalue weighted by Crippen LogP contribution is 2.42. The molecular formula is C30H29F4N3O3. The largest absolute Gasteiger partial charge is 0.446 e. The molecule has 3 aromatic carbocycles. The second kappa shape index (κ2) is 11.7. The van der Waals surface area contributed by atoms with Gasteiger partial charge in [-0.15, -0.1) is 0 Å². The third-order valence-corrected chi connectivity index (χ3v) is 7.85. The summed E-state index contributed by atoms with van der Waals surface area (Å²) in [6, 6.07) is 14.7. The van der Waals surface area contributed by atoms with Crippen molar-refractivity contribution in [2.24, 2.45) is 0 Å². The van der Waals surface area contributed by atoms with Crippen LogP contribution in [0.15, 0.2) is 66.7 Å². The standard InChI is InChI=1S/C30H29F4N3O3/c31-23-7-3-21(4-8-23)30(22-5-9-24(32)10-6-22)12-16-36(17-13-30)15-1-14-35-28(38)37-27(19-40-29(37)39)20-2-11-25(33)26(34)18-20/h2-11,18,27H,1,12-17,19H2,(H,35,38). The number of rotatable bonds is 7. The lowest BCUT2D eigenvalue weighted by molar-refractivity contribution is 0.157. The quantitative estimate of drug-likeness (QED) is 0.291. The zero-order chi connectivity index (χ0) is 28.3. The summed E-state index contributed by atoms with van der Waals surface area (Å²) in [5.74, 6) is -2.71. The number of nitrogens with one attached hydrogen (secondary N) is 1. The van der Waals surface area contributed by atoms with Gasteiger partial charge in [0.25, 0.3) is 0 Å². The van der Waals surface area contributed by atoms with Crippen molar-refractivity contribution in [3.63, 3.8) is 0 Å². The number of likely N-dealkylation sites (tertiary alicyclic amines) is 1. The van der Waals surface area contributed by atoms with E-state index >= 15 is 0 Å². The number of amides is 3. The third-order valence-electron chi connectivity index (χ3n) is 7.85. The molecule has 10 heteroatoms. The van der Waals surface area contributed by atoms with Crippen LogP contribution in [0.4, 0.5) is 27.2 Å². The van der Waals surface area contributed by atoms with Crippen LogP contribution in [0.3, 0.4) is 0 Å². The summed E-state index contributed by atoms with van der Waals surface area (Å²) in [5.41, 5.74) is 1.87. The number of halogens is 4.